The summed E-state index contributed by atoms with van der Waals surface area (Å²) in [5.74, 6) is -1.87. The lowest BCUT2D eigenvalue weighted by Gasteiger charge is -2.30. The van der Waals surface area contributed by atoms with Crippen LogP contribution in [-0.2, 0) is 4.79 Å². The van der Waals surface area contributed by atoms with Gasteiger partial charge in [-0.25, -0.2) is 8.70 Å². The second kappa shape index (κ2) is 12.3. The van der Waals surface area contributed by atoms with E-state index in [1.165, 1.54) is 21.9 Å². The van der Waals surface area contributed by atoms with E-state index in [4.69, 9.17) is 4.74 Å². The SMILES string of the molecule is CC(C)(C)Oc1cccc(F)c1F.CSc1ccc(SN2CCC(NC=O)CC2)cc1. The molecule has 0 bridgehead atoms. The minimum absolute atomic E-state index is 0.0486. The van der Waals surface area contributed by atoms with Crippen molar-refractivity contribution in [1.82, 2.24) is 9.62 Å². The highest BCUT2D eigenvalue weighted by Gasteiger charge is 2.19. The Balaban J connectivity index is 0.000000233. The number of benzene rings is 2. The van der Waals surface area contributed by atoms with Gasteiger partial charge in [0.2, 0.25) is 12.2 Å². The molecule has 1 N–H and O–H groups in total. The lowest BCUT2D eigenvalue weighted by molar-refractivity contribution is -0.110. The van der Waals surface area contributed by atoms with Gasteiger partial charge in [0.1, 0.15) is 5.60 Å². The van der Waals surface area contributed by atoms with Crippen LogP contribution >= 0.6 is 23.7 Å². The molecule has 1 fully saturated rings. The molecule has 0 saturated carbocycles. The molecule has 1 heterocycles. The molecule has 1 amide bonds. The topological polar surface area (TPSA) is 41.6 Å². The number of nitrogens with zero attached hydrogens (tertiary/aromatic N) is 1. The van der Waals surface area contributed by atoms with Crippen LogP contribution in [0.2, 0.25) is 0 Å². The third kappa shape index (κ3) is 9.09. The van der Waals surface area contributed by atoms with Crippen molar-refractivity contribution in [3.63, 3.8) is 0 Å². The molecule has 3 rings (SSSR count). The molecule has 2 aromatic carbocycles. The number of amides is 1. The number of rotatable bonds is 6. The monoisotopic (exact) mass is 468 g/mol. The number of halogens is 2. The van der Waals surface area contributed by atoms with Crippen molar-refractivity contribution >= 4 is 30.1 Å². The number of ether oxygens (including phenoxy) is 1. The molecule has 1 saturated heterocycles. The molecule has 31 heavy (non-hydrogen) atoms. The maximum absolute atomic E-state index is 13.0. The molecule has 8 heteroatoms. The number of nitrogens with one attached hydrogen (secondary N) is 1. The normalized spacial score (nSPS) is 15.0. The molecule has 0 atom stereocenters. The Kier molecular flexibility index (Phi) is 10.1. The van der Waals surface area contributed by atoms with Crippen LogP contribution < -0.4 is 10.1 Å². The van der Waals surface area contributed by atoms with E-state index in [2.05, 4.69) is 40.1 Å². The van der Waals surface area contributed by atoms with Crippen molar-refractivity contribution in [1.29, 1.82) is 0 Å². The van der Waals surface area contributed by atoms with Gasteiger partial charge in [0, 0.05) is 28.9 Å². The number of thioether (sulfide) groups is 1. The Labute approximate surface area is 192 Å². The van der Waals surface area contributed by atoms with Crippen molar-refractivity contribution in [2.24, 2.45) is 0 Å². The fourth-order valence-electron chi connectivity index (χ4n) is 2.89. The molecule has 4 nitrogen and oxygen atoms in total. The van der Waals surface area contributed by atoms with Gasteiger partial charge < -0.3 is 10.1 Å². The molecule has 2 aromatic rings. The van der Waals surface area contributed by atoms with Gasteiger partial charge in [0.25, 0.3) is 0 Å². The van der Waals surface area contributed by atoms with Gasteiger partial charge in [-0.1, -0.05) is 6.07 Å². The van der Waals surface area contributed by atoms with E-state index in [1.54, 1.807) is 32.5 Å². The third-order valence-corrected chi connectivity index (χ3v) is 6.23. The molecular weight excluding hydrogens is 438 g/mol. The second-order valence-corrected chi connectivity index (χ2v) is 10.1. The predicted molar refractivity (Wildman–Crippen MR) is 125 cm³/mol. The van der Waals surface area contributed by atoms with E-state index in [1.807, 2.05) is 11.9 Å². The van der Waals surface area contributed by atoms with E-state index >= 15 is 0 Å². The molecule has 0 spiro atoms. The molecule has 1 aliphatic rings. The van der Waals surface area contributed by atoms with Crippen LogP contribution in [0.25, 0.3) is 0 Å². The van der Waals surface area contributed by atoms with Crippen LogP contribution in [0.4, 0.5) is 8.78 Å². The predicted octanol–water partition coefficient (Wildman–Crippen LogP) is 5.77. The fourth-order valence-corrected chi connectivity index (χ4v) is 4.25. The summed E-state index contributed by atoms with van der Waals surface area (Å²) < 4.78 is 33.3. The van der Waals surface area contributed by atoms with Crippen molar-refractivity contribution in [3.05, 3.63) is 54.1 Å². The van der Waals surface area contributed by atoms with E-state index in [0.29, 0.717) is 6.04 Å². The first kappa shape index (κ1) is 25.5. The van der Waals surface area contributed by atoms with Gasteiger partial charge >= 0.3 is 0 Å². The minimum atomic E-state index is -0.933. The summed E-state index contributed by atoms with van der Waals surface area (Å²) in [6.07, 6.45) is 4.98. The summed E-state index contributed by atoms with van der Waals surface area (Å²) in [6.45, 7) is 7.38. The Morgan fingerprint density at radius 3 is 2.23 bits per heavy atom. The average molecular weight is 469 g/mol. The summed E-state index contributed by atoms with van der Waals surface area (Å²) in [4.78, 5) is 13.0. The van der Waals surface area contributed by atoms with Gasteiger partial charge in [0.15, 0.2) is 11.6 Å². The zero-order valence-electron chi connectivity index (χ0n) is 18.4. The van der Waals surface area contributed by atoms with Crippen LogP contribution in [-0.4, -0.2) is 41.7 Å². The lowest BCUT2D eigenvalue weighted by Crippen LogP contribution is -2.39. The summed E-state index contributed by atoms with van der Waals surface area (Å²) >= 11 is 3.58. The molecule has 170 valence electrons. The average Bonchev–Trinajstić information content (AvgIpc) is 2.73. The van der Waals surface area contributed by atoms with E-state index in [-0.39, 0.29) is 5.75 Å². The smallest absolute Gasteiger partial charge is 0.207 e. The zero-order chi connectivity index (χ0) is 22.9. The maximum atomic E-state index is 13.0. The number of carbonyl (C=O) groups excluding carboxylic acids is 1. The van der Waals surface area contributed by atoms with Crippen LogP contribution in [0.3, 0.4) is 0 Å². The Bertz CT molecular complexity index is 821. The highest BCUT2D eigenvalue weighted by Crippen LogP contribution is 2.28. The van der Waals surface area contributed by atoms with Crippen LogP contribution in [0.5, 0.6) is 5.75 Å². The molecule has 0 unspecified atom stereocenters. The van der Waals surface area contributed by atoms with Gasteiger partial charge in [-0.05, 0) is 88.2 Å². The number of hydrogen-bond acceptors (Lipinski definition) is 5. The summed E-state index contributed by atoms with van der Waals surface area (Å²) in [5.41, 5.74) is -0.519. The van der Waals surface area contributed by atoms with E-state index in [0.717, 1.165) is 38.4 Å². The van der Waals surface area contributed by atoms with Gasteiger partial charge in [-0.15, -0.1) is 11.8 Å². The lowest BCUT2D eigenvalue weighted by atomic mass is 10.1. The molecular formula is C23H30F2N2O2S2. The number of carbonyl (C=O) groups is 1. The van der Waals surface area contributed by atoms with Gasteiger partial charge in [0.05, 0.1) is 0 Å². The standard InChI is InChI=1S/C13H18N2OS2.C10H12F2O/c1-17-12-2-4-13(5-3-12)18-15-8-6-11(7-9-15)14-10-16;1-10(2,3)13-8-6-4-5-7(11)9(8)12/h2-5,10-11H,6-9H2,1H3,(H,14,16);4-6H,1-3H3. The maximum Gasteiger partial charge on any atom is 0.207 e. The summed E-state index contributed by atoms with van der Waals surface area (Å²) in [6, 6.07) is 12.9. The number of piperidine rings is 1. The Morgan fingerprint density at radius 1 is 1.06 bits per heavy atom. The van der Waals surface area contributed by atoms with Crippen molar-refractivity contribution in [2.75, 3.05) is 19.3 Å². The molecule has 1 aliphatic heterocycles. The highest BCUT2D eigenvalue weighted by atomic mass is 32.2. The van der Waals surface area contributed by atoms with Crippen molar-refractivity contribution < 1.29 is 18.3 Å². The number of hydrogen-bond donors (Lipinski definition) is 1. The van der Waals surface area contributed by atoms with E-state index < -0.39 is 17.2 Å². The largest absolute Gasteiger partial charge is 0.485 e. The van der Waals surface area contributed by atoms with Crippen LogP contribution in [0, 0.1) is 11.6 Å². The summed E-state index contributed by atoms with van der Waals surface area (Å²) in [7, 11) is 0. The first-order valence-electron chi connectivity index (χ1n) is 10.1. The van der Waals surface area contributed by atoms with E-state index in [9.17, 15) is 13.6 Å². The molecule has 0 aliphatic carbocycles. The Morgan fingerprint density at radius 2 is 1.68 bits per heavy atom. The van der Waals surface area contributed by atoms with Crippen LogP contribution in [0.1, 0.15) is 33.6 Å². The highest BCUT2D eigenvalue weighted by molar-refractivity contribution is 7.98. The minimum Gasteiger partial charge on any atom is -0.485 e. The van der Waals surface area contributed by atoms with Crippen molar-refractivity contribution in [3.8, 4) is 5.75 Å². The second-order valence-electron chi connectivity index (χ2n) is 8.02. The summed E-state index contributed by atoms with van der Waals surface area (Å²) in [5, 5.41) is 2.86. The molecule has 0 radical (unpaired) electrons. The fraction of sp³-hybridized carbons (Fsp3) is 0.435. The zero-order valence-corrected chi connectivity index (χ0v) is 20.0. The van der Waals surface area contributed by atoms with Gasteiger partial charge in [-0.3, -0.25) is 4.79 Å². The third-order valence-electron chi connectivity index (χ3n) is 4.38. The van der Waals surface area contributed by atoms with Crippen molar-refractivity contribution in [2.45, 2.75) is 55.0 Å². The first-order valence-corrected chi connectivity index (χ1v) is 12.1. The Hall–Kier alpha value is -1.77. The first-order chi connectivity index (χ1) is 14.7. The quantitative estimate of drug-likeness (QED) is 0.331. The van der Waals surface area contributed by atoms with Gasteiger partial charge in [-0.2, -0.15) is 4.39 Å². The van der Waals surface area contributed by atoms with Crippen LogP contribution in [0.15, 0.2) is 52.3 Å². The molecule has 0 aromatic heterocycles.